The van der Waals surface area contributed by atoms with Gasteiger partial charge in [-0.2, -0.15) is 0 Å². The van der Waals surface area contributed by atoms with Crippen molar-refractivity contribution in [3.63, 3.8) is 0 Å². The van der Waals surface area contributed by atoms with E-state index in [-0.39, 0.29) is 28.0 Å². The lowest BCUT2D eigenvalue weighted by atomic mass is 10.1. The Bertz CT molecular complexity index is 750. The van der Waals surface area contributed by atoms with E-state index in [1.54, 1.807) is 4.90 Å². The Morgan fingerprint density at radius 2 is 1.88 bits per heavy atom. The molecular formula is C15H18ClFN2O4S. The van der Waals surface area contributed by atoms with E-state index in [0.29, 0.717) is 26.2 Å². The fraction of sp³-hybridized carbons (Fsp3) is 0.533. The lowest BCUT2D eigenvalue weighted by Crippen LogP contribution is -2.54. The van der Waals surface area contributed by atoms with Crippen LogP contribution in [0.15, 0.2) is 18.2 Å². The summed E-state index contributed by atoms with van der Waals surface area (Å²) in [6, 6.07) is 3.24. The van der Waals surface area contributed by atoms with Crippen molar-refractivity contribution in [2.24, 2.45) is 0 Å². The number of piperazine rings is 1. The van der Waals surface area contributed by atoms with E-state index < -0.39 is 27.8 Å². The number of hydrogen-bond acceptors (Lipinski definition) is 5. The minimum atomic E-state index is -3.20. The van der Waals surface area contributed by atoms with Crippen LogP contribution in [0.25, 0.3) is 0 Å². The molecule has 1 aromatic rings. The summed E-state index contributed by atoms with van der Waals surface area (Å²) in [6.45, 7) is 1.75. The maximum absolute atomic E-state index is 13.1. The highest BCUT2D eigenvalue weighted by molar-refractivity contribution is 7.91. The second-order valence-electron chi connectivity index (χ2n) is 6.16. The highest BCUT2D eigenvalue weighted by atomic mass is 35.5. The van der Waals surface area contributed by atoms with Gasteiger partial charge in [-0.25, -0.2) is 12.8 Å². The van der Waals surface area contributed by atoms with Crippen molar-refractivity contribution in [3.05, 3.63) is 34.6 Å². The number of benzene rings is 1. The van der Waals surface area contributed by atoms with Crippen LogP contribution < -0.4 is 0 Å². The minimum Gasteiger partial charge on any atom is -0.390 e. The summed E-state index contributed by atoms with van der Waals surface area (Å²) in [6.07, 6.45) is -0.885. The van der Waals surface area contributed by atoms with Gasteiger partial charge >= 0.3 is 0 Å². The van der Waals surface area contributed by atoms with Crippen LogP contribution in [0.5, 0.6) is 0 Å². The molecular weight excluding hydrogens is 359 g/mol. The Labute approximate surface area is 144 Å². The van der Waals surface area contributed by atoms with Crippen molar-refractivity contribution in [1.29, 1.82) is 0 Å². The maximum Gasteiger partial charge on any atom is 0.255 e. The standard InChI is InChI=1S/C15H18ClFN2O4S/c16-12-7-10(17)1-2-11(12)15(21)19-5-3-18(4-6-19)13-8-24(22,23)9-14(13)20/h1-2,7,13-14,20H,3-6,8-9H2. The molecule has 2 unspecified atom stereocenters. The molecule has 1 aromatic carbocycles. The molecule has 1 amide bonds. The van der Waals surface area contributed by atoms with Crippen LogP contribution >= 0.6 is 11.6 Å². The predicted octanol–water partition coefficient (Wildman–Crippen LogP) is 0.395. The number of sulfone groups is 1. The Hall–Kier alpha value is -1.22. The number of carbonyl (C=O) groups excluding carboxylic acids is 1. The molecule has 0 saturated carbocycles. The normalized spacial score (nSPS) is 27.4. The third kappa shape index (κ3) is 3.56. The zero-order chi connectivity index (χ0) is 17.5. The van der Waals surface area contributed by atoms with Crippen LogP contribution in [0.1, 0.15) is 10.4 Å². The Morgan fingerprint density at radius 3 is 2.42 bits per heavy atom. The average Bonchev–Trinajstić information content (AvgIpc) is 2.80. The van der Waals surface area contributed by atoms with Gasteiger partial charge in [-0.15, -0.1) is 0 Å². The first-order chi connectivity index (χ1) is 11.3. The second kappa shape index (κ2) is 6.59. The molecule has 9 heteroatoms. The Kier molecular flexibility index (Phi) is 4.83. The lowest BCUT2D eigenvalue weighted by Gasteiger charge is -2.38. The summed E-state index contributed by atoms with van der Waals surface area (Å²) in [5.74, 6) is -1.04. The molecule has 0 spiro atoms. The molecule has 1 N–H and O–H groups in total. The van der Waals surface area contributed by atoms with Crippen LogP contribution in [-0.4, -0.2) is 79.1 Å². The third-order valence-corrected chi connectivity index (χ3v) is 6.54. The van der Waals surface area contributed by atoms with Crippen molar-refractivity contribution in [2.45, 2.75) is 12.1 Å². The van der Waals surface area contributed by atoms with E-state index in [4.69, 9.17) is 11.6 Å². The summed E-state index contributed by atoms with van der Waals surface area (Å²) in [5.41, 5.74) is 0.245. The Balaban J connectivity index is 1.64. The SMILES string of the molecule is O=C(c1ccc(F)cc1Cl)N1CCN(C2CS(=O)(=O)CC2O)CC1. The van der Waals surface area contributed by atoms with Gasteiger partial charge in [0.2, 0.25) is 0 Å². The van der Waals surface area contributed by atoms with E-state index in [1.165, 1.54) is 12.1 Å². The van der Waals surface area contributed by atoms with Crippen LogP contribution in [0.2, 0.25) is 5.02 Å². The highest BCUT2D eigenvalue weighted by Crippen LogP contribution is 2.22. The molecule has 132 valence electrons. The van der Waals surface area contributed by atoms with Crippen LogP contribution in [0, 0.1) is 5.82 Å². The zero-order valence-electron chi connectivity index (χ0n) is 12.9. The van der Waals surface area contributed by atoms with Crippen LogP contribution in [0.4, 0.5) is 4.39 Å². The van der Waals surface area contributed by atoms with Gasteiger partial charge in [0.15, 0.2) is 9.84 Å². The van der Waals surface area contributed by atoms with Gasteiger partial charge in [0.25, 0.3) is 5.91 Å². The molecule has 2 atom stereocenters. The van der Waals surface area contributed by atoms with E-state index in [2.05, 4.69) is 0 Å². The summed E-state index contributed by atoms with van der Waals surface area (Å²) in [5, 5.41) is 10.0. The first-order valence-corrected chi connectivity index (χ1v) is 9.83. The number of halogens is 2. The predicted molar refractivity (Wildman–Crippen MR) is 87.3 cm³/mol. The molecule has 3 rings (SSSR count). The van der Waals surface area contributed by atoms with Gasteiger partial charge in [-0.05, 0) is 18.2 Å². The number of nitrogens with zero attached hydrogens (tertiary/aromatic N) is 2. The van der Waals surface area contributed by atoms with E-state index in [9.17, 15) is 22.7 Å². The molecule has 2 saturated heterocycles. The smallest absolute Gasteiger partial charge is 0.255 e. The van der Waals surface area contributed by atoms with Crippen LogP contribution in [0.3, 0.4) is 0 Å². The first kappa shape index (κ1) is 17.6. The topological polar surface area (TPSA) is 77.9 Å². The molecule has 2 fully saturated rings. The van der Waals surface area contributed by atoms with Crippen molar-refractivity contribution in [1.82, 2.24) is 9.80 Å². The number of rotatable bonds is 2. The third-order valence-electron chi connectivity index (χ3n) is 4.53. The summed E-state index contributed by atoms with van der Waals surface area (Å²) >= 11 is 5.93. The summed E-state index contributed by atoms with van der Waals surface area (Å²) in [7, 11) is -3.20. The van der Waals surface area contributed by atoms with E-state index >= 15 is 0 Å². The van der Waals surface area contributed by atoms with Gasteiger partial charge in [0, 0.05) is 26.2 Å². The quantitative estimate of drug-likeness (QED) is 0.808. The first-order valence-electron chi connectivity index (χ1n) is 7.64. The summed E-state index contributed by atoms with van der Waals surface area (Å²) < 4.78 is 36.3. The molecule has 24 heavy (non-hydrogen) atoms. The average molecular weight is 377 g/mol. The van der Waals surface area contributed by atoms with E-state index in [1.807, 2.05) is 4.90 Å². The number of amides is 1. The fourth-order valence-electron chi connectivity index (χ4n) is 3.25. The van der Waals surface area contributed by atoms with Gasteiger partial charge in [0.1, 0.15) is 5.82 Å². The molecule has 0 bridgehead atoms. The lowest BCUT2D eigenvalue weighted by molar-refractivity contribution is 0.0377. The molecule has 2 aliphatic heterocycles. The van der Waals surface area contributed by atoms with Gasteiger partial charge in [0.05, 0.1) is 34.2 Å². The monoisotopic (exact) mass is 376 g/mol. The minimum absolute atomic E-state index is 0.0497. The second-order valence-corrected chi connectivity index (χ2v) is 8.72. The van der Waals surface area contributed by atoms with E-state index in [0.717, 1.165) is 6.07 Å². The Morgan fingerprint density at radius 1 is 1.21 bits per heavy atom. The fourth-order valence-corrected chi connectivity index (χ4v) is 5.33. The number of aliphatic hydroxyl groups excluding tert-OH is 1. The molecule has 0 aliphatic carbocycles. The van der Waals surface area contributed by atoms with Crippen LogP contribution in [-0.2, 0) is 9.84 Å². The number of hydrogen-bond donors (Lipinski definition) is 1. The van der Waals surface area contributed by atoms with Crippen molar-refractivity contribution in [2.75, 3.05) is 37.7 Å². The van der Waals surface area contributed by atoms with Gasteiger partial charge < -0.3 is 10.0 Å². The number of aliphatic hydroxyl groups is 1. The molecule has 0 radical (unpaired) electrons. The highest BCUT2D eigenvalue weighted by Gasteiger charge is 2.41. The van der Waals surface area contributed by atoms with Crippen molar-refractivity contribution in [3.8, 4) is 0 Å². The largest absolute Gasteiger partial charge is 0.390 e. The van der Waals surface area contributed by atoms with Gasteiger partial charge in [-0.1, -0.05) is 11.6 Å². The zero-order valence-corrected chi connectivity index (χ0v) is 14.4. The molecule has 0 aromatic heterocycles. The van der Waals surface area contributed by atoms with Crippen molar-refractivity contribution >= 4 is 27.3 Å². The molecule has 6 nitrogen and oxygen atoms in total. The van der Waals surface area contributed by atoms with Crippen molar-refractivity contribution < 1.29 is 22.7 Å². The summed E-state index contributed by atoms with van der Waals surface area (Å²) in [4.78, 5) is 16.0. The molecule has 2 aliphatic rings. The van der Waals surface area contributed by atoms with Gasteiger partial charge in [-0.3, -0.25) is 9.69 Å². The molecule has 2 heterocycles. The maximum atomic E-state index is 13.1. The number of carbonyl (C=O) groups is 1.